The maximum absolute atomic E-state index is 13.0. The van der Waals surface area contributed by atoms with Crippen molar-refractivity contribution in [2.45, 2.75) is 51.2 Å². The first-order valence-electron chi connectivity index (χ1n) is 6.52. The van der Waals surface area contributed by atoms with Crippen LogP contribution in [0, 0.1) is 17.8 Å². The molecule has 6 heteroatoms. The van der Waals surface area contributed by atoms with Gasteiger partial charge in [0.25, 0.3) is 12.4 Å². The summed E-state index contributed by atoms with van der Waals surface area (Å²) in [5.41, 5.74) is 0. The predicted octanol–water partition coefficient (Wildman–Crippen LogP) is 2.16. The quantitative estimate of drug-likeness (QED) is 0.570. The van der Waals surface area contributed by atoms with Gasteiger partial charge in [-0.25, -0.2) is 8.78 Å². The smallest absolute Gasteiger partial charge is 0.313 e. The molecule has 0 radical (unpaired) electrons. The van der Waals surface area contributed by atoms with Gasteiger partial charge in [0.05, 0.1) is 5.92 Å². The Kier molecular flexibility index (Phi) is 3.78. The highest BCUT2D eigenvalue weighted by Crippen LogP contribution is 2.50. The van der Waals surface area contributed by atoms with E-state index in [1.807, 2.05) is 0 Å². The SMILES string of the molecule is CC(OC(=O)C1C2CCC(C2)C1OC=O)C(C)(F)F. The van der Waals surface area contributed by atoms with Crippen molar-refractivity contribution in [3.63, 3.8) is 0 Å². The van der Waals surface area contributed by atoms with Gasteiger partial charge in [-0.1, -0.05) is 0 Å². The maximum Gasteiger partial charge on any atom is 0.313 e. The molecular formula is C13H18F2O4. The number of carbonyl (C=O) groups excluding carboxylic acids is 2. The third-order valence-corrected chi connectivity index (χ3v) is 4.33. The largest absolute Gasteiger partial charge is 0.463 e. The van der Waals surface area contributed by atoms with E-state index < -0.39 is 30.0 Å². The standard InChI is InChI=1S/C13H18F2O4/c1-7(13(2,14)15)19-12(17)10-8-3-4-9(5-8)11(10)18-6-16/h6-11H,3-5H2,1-2H3. The third kappa shape index (κ3) is 2.72. The van der Waals surface area contributed by atoms with E-state index in [0.717, 1.165) is 19.3 Å². The highest BCUT2D eigenvalue weighted by atomic mass is 19.3. The summed E-state index contributed by atoms with van der Waals surface area (Å²) in [6, 6.07) is 0. The van der Waals surface area contributed by atoms with Crippen LogP contribution in [-0.4, -0.2) is 30.6 Å². The lowest BCUT2D eigenvalue weighted by Gasteiger charge is -2.29. The molecule has 2 fully saturated rings. The average molecular weight is 276 g/mol. The molecule has 0 heterocycles. The summed E-state index contributed by atoms with van der Waals surface area (Å²) in [5.74, 6) is -4.10. The van der Waals surface area contributed by atoms with E-state index in [1.165, 1.54) is 6.92 Å². The second-order valence-corrected chi connectivity index (χ2v) is 5.59. The Morgan fingerprint density at radius 2 is 2.00 bits per heavy atom. The van der Waals surface area contributed by atoms with Crippen LogP contribution in [0.25, 0.3) is 0 Å². The molecule has 2 bridgehead atoms. The van der Waals surface area contributed by atoms with Crippen molar-refractivity contribution < 1.29 is 27.8 Å². The number of rotatable bonds is 5. The van der Waals surface area contributed by atoms with E-state index in [-0.39, 0.29) is 11.8 Å². The molecule has 4 nitrogen and oxygen atoms in total. The van der Waals surface area contributed by atoms with Gasteiger partial charge in [0.1, 0.15) is 6.10 Å². The molecule has 0 amide bonds. The summed E-state index contributed by atoms with van der Waals surface area (Å²) >= 11 is 0. The minimum atomic E-state index is -3.08. The monoisotopic (exact) mass is 276 g/mol. The summed E-state index contributed by atoms with van der Waals surface area (Å²) in [4.78, 5) is 22.5. The van der Waals surface area contributed by atoms with Gasteiger partial charge in [0, 0.05) is 6.92 Å². The molecule has 0 spiro atoms. The zero-order valence-electron chi connectivity index (χ0n) is 11.0. The first kappa shape index (κ1) is 14.2. The molecule has 0 aromatic carbocycles. The molecule has 0 aromatic rings. The van der Waals surface area contributed by atoms with Crippen LogP contribution in [0.1, 0.15) is 33.1 Å². The Morgan fingerprint density at radius 1 is 1.37 bits per heavy atom. The van der Waals surface area contributed by atoms with E-state index in [0.29, 0.717) is 13.4 Å². The molecule has 2 saturated carbocycles. The fraction of sp³-hybridized carbons (Fsp3) is 0.846. The van der Waals surface area contributed by atoms with Crippen LogP contribution >= 0.6 is 0 Å². The Morgan fingerprint density at radius 3 is 2.58 bits per heavy atom. The van der Waals surface area contributed by atoms with E-state index in [2.05, 4.69) is 0 Å². The number of ether oxygens (including phenoxy) is 2. The molecule has 5 unspecified atom stereocenters. The van der Waals surface area contributed by atoms with Crippen LogP contribution in [0.3, 0.4) is 0 Å². The molecule has 0 aliphatic heterocycles. The molecule has 0 saturated heterocycles. The second-order valence-electron chi connectivity index (χ2n) is 5.59. The Bertz CT molecular complexity index is 366. The van der Waals surface area contributed by atoms with Crippen LogP contribution in [0.5, 0.6) is 0 Å². The van der Waals surface area contributed by atoms with Crippen molar-refractivity contribution in [2.24, 2.45) is 17.8 Å². The molecule has 2 aliphatic rings. The van der Waals surface area contributed by atoms with Crippen LogP contribution in [0.4, 0.5) is 8.78 Å². The summed E-state index contributed by atoms with van der Waals surface area (Å²) in [6.45, 7) is 2.20. The molecule has 108 valence electrons. The fourth-order valence-corrected chi connectivity index (χ4v) is 3.18. The molecule has 19 heavy (non-hydrogen) atoms. The zero-order valence-corrected chi connectivity index (χ0v) is 11.0. The molecule has 0 N–H and O–H groups in total. The van der Waals surface area contributed by atoms with Gasteiger partial charge in [-0.2, -0.15) is 0 Å². The number of alkyl halides is 2. The summed E-state index contributed by atoms with van der Waals surface area (Å²) in [5, 5.41) is 0. The molecule has 2 rings (SSSR count). The summed E-state index contributed by atoms with van der Waals surface area (Å²) < 4.78 is 35.9. The van der Waals surface area contributed by atoms with Gasteiger partial charge in [0.2, 0.25) is 0 Å². The van der Waals surface area contributed by atoms with E-state index >= 15 is 0 Å². The number of hydrogen-bond donors (Lipinski definition) is 0. The molecule has 2 aliphatic carbocycles. The fourth-order valence-electron chi connectivity index (χ4n) is 3.18. The van der Waals surface area contributed by atoms with Crippen LogP contribution < -0.4 is 0 Å². The first-order chi connectivity index (χ1) is 8.84. The van der Waals surface area contributed by atoms with Crippen LogP contribution in [-0.2, 0) is 19.1 Å². The van der Waals surface area contributed by atoms with E-state index in [4.69, 9.17) is 9.47 Å². The van der Waals surface area contributed by atoms with E-state index in [9.17, 15) is 18.4 Å². The van der Waals surface area contributed by atoms with Crippen LogP contribution in [0.2, 0.25) is 0 Å². The van der Waals surface area contributed by atoms with Gasteiger partial charge in [-0.05, 0) is 38.0 Å². The third-order valence-electron chi connectivity index (χ3n) is 4.33. The average Bonchev–Trinajstić information content (AvgIpc) is 2.88. The highest BCUT2D eigenvalue weighted by Gasteiger charge is 2.53. The van der Waals surface area contributed by atoms with Crippen molar-refractivity contribution in [1.29, 1.82) is 0 Å². The number of hydrogen-bond acceptors (Lipinski definition) is 4. The zero-order chi connectivity index (χ0) is 14.2. The minimum Gasteiger partial charge on any atom is -0.463 e. The normalized spacial score (nSPS) is 34.9. The first-order valence-corrected chi connectivity index (χ1v) is 6.52. The molecule has 5 atom stereocenters. The second kappa shape index (κ2) is 5.06. The van der Waals surface area contributed by atoms with Crippen molar-refractivity contribution in [2.75, 3.05) is 0 Å². The Balaban J connectivity index is 2.03. The highest BCUT2D eigenvalue weighted by molar-refractivity contribution is 5.75. The Hall–Kier alpha value is -1.20. The minimum absolute atomic E-state index is 0.0835. The molecule has 0 aromatic heterocycles. The summed E-state index contributed by atoms with van der Waals surface area (Å²) in [6.07, 6.45) is 0.583. The van der Waals surface area contributed by atoms with Crippen molar-refractivity contribution >= 4 is 12.4 Å². The maximum atomic E-state index is 13.0. The van der Waals surface area contributed by atoms with Gasteiger partial charge < -0.3 is 9.47 Å². The van der Waals surface area contributed by atoms with Crippen molar-refractivity contribution in [1.82, 2.24) is 0 Å². The van der Waals surface area contributed by atoms with Crippen LogP contribution in [0.15, 0.2) is 0 Å². The number of halogens is 2. The lowest BCUT2D eigenvalue weighted by atomic mass is 9.86. The van der Waals surface area contributed by atoms with Gasteiger partial charge in [-0.3, -0.25) is 9.59 Å². The lowest BCUT2D eigenvalue weighted by molar-refractivity contribution is -0.179. The lowest BCUT2D eigenvalue weighted by Crippen LogP contribution is -2.41. The van der Waals surface area contributed by atoms with Crippen molar-refractivity contribution in [3.8, 4) is 0 Å². The number of fused-ring (bicyclic) bond motifs is 2. The summed E-state index contributed by atoms with van der Waals surface area (Å²) in [7, 11) is 0. The van der Waals surface area contributed by atoms with Gasteiger partial charge in [0.15, 0.2) is 6.10 Å². The van der Waals surface area contributed by atoms with Gasteiger partial charge in [-0.15, -0.1) is 0 Å². The van der Waals surface area contributed by atoms with Gasteiger partial charge >= 0.3 is 5.97 Å². The van der Waals surface area contributed by atoms with E-state index in [1.54, 1.807) is 0 Å². The topological polar surface area (TPSA) is 52.6 Å². The molecular weight excluding hydrogens is 258 g/mol. The van der Waals surface area contributed by atoms with Crippen molar-refractivity contribution in [3.05, 3.63) is 0 Å². The predicted molar refractivity (Wildman–Crippen MR) is 61.4 cm³/mol. The Labute approximate surface area is 110 Å². The number of carbonyl (C=O) groups is 2. The number of esters is 1.